The highest BCUT2D eigenvalue weighted by Gasteiger charge is 2.15. The van der Waals surface area contributed by atoms with Gasteiger partial charge in [0.05, 0.1) is 15.4 Å². The first kappa shape index (κ1) is 17.3. The second-order valence-electron chi connectivity index (χ2n) is 6.12. The summed E-state index contributed by atoms with van der Waals surface area (Å²) in [7, 11) is 0. The molecule has 0 aliphatic heterocycles. The third-order valence-corrected chi connectivity index (χ3v) is 5.85. The van der Waals surface area contributed by atoms with Gasteiger partial charge in [-0.05, 0) is 43.2 Å². The predicted molar refractivity (Wildman–Crippen MR) is 112 cm³/mol. The molecule has 0 atom stereocenters. The smallest absolute Gasteiger partial charge is 0.143 e. The van der Waals surface area contributed by atoms with Gasteiger partial charge in [0.1, 0.15) is 17.0 Å². The SMILES string of the molecule is Cc1ccc(-c2csc3ncnc(Nc4ccc(Cl)c(Cl)c4)c23)c(C)c1. The molecule has 3 nitrogen and oxygen atoms in total. The minimum Gasteiger partial charge on any atom is -0.340 e. The molecular weight excluding hydrogens is 385 g/mol. The summed E-state index contributed by atoms with van der Waals surface area (Å²) in [5.74, 6) is 0.754. The monoisotopic (exact) mass is 399 g/mol. The van der Waals surface area contributed by atoms with Crippen LogP contribution in [-0.4, -0.2) is 9.97 Å². The molecule has 4 aromatic rings. The number of halogens is 2. The topological polar surface area (TPSA) is 37.8 Å². The van der Waals surface area contributed by atoms with Crippen LogP contribution in [0.3, 0.4) is 0 Å². The van der Waals surface area contributed by atoms with E-state index in [1.165, 1.54) is 16.7 Å². The van der Waals surface area contributed by atoms with Crippen LogP contribution in [0.15, 0.2) is 48.1 Å². The first-order chi connectivity index (χ1) is 12.5. The quantitative estimate of drug-likeness (QED) is 0.401. The Morgan fingerprint density at radius 3 is 2.54 bits per heavy atom. The molecule has 0 unspecified atom stereocenters. The Balaban J connectivity index is 1.85. The minimum atomic E-state index is 0.502. The van der Waals surface area contributed by atoms with Gasteiger partial charge in [-0.3, -0.25) is 0 Å². The summed E-state index contributed by atoms with van der Waals surface area (Å²) in [5.41, 5.74) is 5.63. The third-order valence-electron chi connectivity index (χ3n) is 4.22. The van der Waals surface area contributed by atoms with Crippen molar-refractivity contribution in [1.82, 2.24) is 9.97 Å². The maximum atomic E-state index is 6.14. The molecule has 26 heavy (non-hydrogen) atoms. The van der Waals surface area contributed by atoms with E-state index in [1.54, 1.807) is 29.8 Å². The molecule has 0 aliphatic carbocycles. The molecule has 0 saturated heterocycles. The van der Waals surface area contributed by atoms with Gasteiger partial charge in [0, 0.05) is 16.6 Å². The van der Waals surface area contributed by atoms with E-state index in [9.17, 15) is 0 Å². The van der Waals surface area contributed by atoms with Crippen LogP contribution in [0.2, 0.25) is 10.0 Å². The van der Waals surface area contributed by atoms with Gasteiger partial charge in [-0.15, -0.1) is 11.3 Å². The van der Waals surface area contributed by atoms with Crippen molar-refractivity contribution < 1.29 is 0 Å². The molecule has 2 heterocycles. The highest BCUT2D eigenvalue weighted by molar-refractivity contribution is 7.17. The molecule has 2 aromatic heterocycles. The number of fused-ring (bicyclic) bond motifs is 1. The number of hydrogen-bond donors (Lipinski definition) is 1. The minimum absolute atomic E-state index is 0.502. The van der Waals surface area contributed by atoms with Crippen molar-refractivity contribution in [2.24, 2.45) is 0 Å². The fraction of sp³-hybridized carbons (Fsp3) is 0.100. The number of nitrogens with zero attached hydrogens (tertiary/aromatic N) is 2. The molecule has 4 rings (SSSR count). The molecule has 0 saturated carbocycles. The number of benzene rings is 2. The average molecular weight is 400 g/mol. The molecule has 2 aromatic carbocycles. The van der Waals surface area contributed by atoms with Crippen molar-refractivity contribution in [3.05, 3.63) is 69.3 Å². The van der Waals surface area contributed by atoms with Gasteiger partial charge in [-0.25, -0.2) is 9.97 Å². The third kappa shape index (κ3) is 3.16. The van der Waals surface area contributed by atoms with Crippen LogP contribution >= 0.6 is 34.5 Å². The summed E-state index contributed by atoms with van der Waals surface area (Å²) in [6.07, 6.45) is 1.57. The Morgan fingerprint density at radius 2 is 1.77 bits per heavy atom. The highest BCUT2D eigenvalue weighted by atomic mass is 35.5. The first-order valence-corrected chi connectivity index (χ1v) is 9.68. The summed E-state index contributed by atoms with van der Waals surface area (Å²) in [6.45, 7) is 4.23. The van der Waals surface area contributed by atoms with E-state index in [4.69, 9.17) is 23.2 Å². The molecule has 0 fully saturated rings. The molecule has 130 valence electrons. The Bertz CT molecular complexity index is 1120. The van der Waals surface area contributed by atoms with Gasteiger partial charge >= 0.3 is 0 Å². The number of anilines is 2. The molecule has 0 bridgehead atoms. The second-order valence-corrected chi connectivity index (χ2v) is 7.80. The highest BCUT2D eigenvalue weighted by Crippen LogP contribution is 2.39. The van der Waals surface area contributed by atoms with Crippen LogP contribution in [0.25, 0.3) is 21.3 Å². The van der Waals surface area contributed by atoms with E-state index >= 15 is 0 Å². The molecule has 0 radical (unpaired) electrons. The van der Waals surface area contributed by atoms with Crippen LogP contribution in [0, 0.1) is 13.8 Å². The lowest BCUT2D eigenvalue weighted by Gasteiger charge is -2.11. The largest absolute Gasteiger partial charge is 0.340 e. The first-order valence-electron chi connectivity index (χ1n) is 8.05. The van der Waals surface area contributed by atoms with E-state index in [0.29, 0.717) is 10.0 Å². The van der Waals surface area contributed by atoms with Gasteiger partial charge in [-0.2, -0.15) is 0 Å². The number of aromatic nitrogens is 2. The predicted octanol–water partition coefficient (Wildman–Crippen LogP) is 7.03. The Hall–Kier alpha value is -2.14. The van der Waals surface area contributed by atoms with E-state index < -0.39 is 0 Å². The Labute approximate surface area is 165 Å². The fourth-order valence-electron chi connectivity index (χ4n) is 2.99. The van der Waals surface area contributed by atoms with Crippen molar-refractivity contribution in [1.29, 1.82) is 0 Å². The molecule has 0 aliphatic rings. The van der Waals surface area contributed by atoms with E-state index in [-0.39, 0.29) is 0 Å². The van der Waals surface area contributed by atoms with Crippen LogP contribution in [0.4, 0.5) is 11.5 Å². The summed E-state index contributed by atoms with van der Waals surface area (Å²) >= 11 is 13.8. The zero-order valence-corrected chi connectivity index (χ0v) is 16.5. The number of hydrogen-bond acceptors (Lipinski definition) is 4. The summed E-state index contributed by atoms with van der Waals surface area (Å²) < 4.78 is 0. The van der Waals surface area contributed by atoms with Crippen LogP contribution in [0.1, 0.15) is 11.1 Å². The summed E-state index contributed by atoms with van der Waals surface area (Å²) in [5, 5.41) is 7.53. The summed E-state index contributed by atoms with van der Waals surface area (Å²) in [4.78, 5) is 9.84. The standard InChI is InChI=1S/C20H15Cl2N3S/c1-11-3-5-14(12(2)7-11)15-9-26-20-18(15)19(23-10-24-20)25-13-4-6-16(21)17(22)8-13/h3-10H,1-2H3,(H,23,24,25). The lowest BCUT2D eigenvalue weighted by atomic mass is 9.99. The maximum Gasteiger partial charge on any atom is 0.143 e. The zero-order valence-electron chi connectivity index (χ0n) is 14.2. The van der Waals surface area contributed by atoms with Gasteiger partial charge in [0.2, 0.25) is 0 Å². The number of aryl methyl sites for hydroxylation is 2. The van der Waals surface area contributed by atoms with Crippen molar-refractivity contribution >= 4 is 56.3 Å². The normalized spacial score (nSPS) is 11.1. The van der Waals surface area contributed by atoms with Crippen molar-refractivity contribution in [3.8, 4) is 11.1 Å². The molecule has 0 spiro atoms. The molecule has 0 amide bonds. The van der Waals surface area contributed by atoms with Crippen molar-refractivity contribution in [2.45, 2.75) is 13.8 Å². The van der Waals surface area contributed by atoms with E-state index in [2.05, 4.69) is 52.7 Å². The second kappa shape index (κ2) is 6.88. The van der Waals surface area contributed by atoms with Crippen LogP contribution in [-0.2, 0) is 0 Å². The Morgan fingerprint density at radius 1 is 0.923 bits per heavy atom. The van der Waals surface area contributed by atoms with Crippen LogP contribution in [0.5, 0.6) is 0 Å². The molecule has 1 N–H and O–H groups in total. The Kier molecular flexibility index (Phi) is 4.57. The van der Waals surface area contributed by atoms with Gasteiger partial charge in [0.25, 0.3) is 0 Å². The van der Waals surface area contributed by atoms with Gasteiger partial charge in [-0.1, -0.05) is 47.0 Å². The van der Waals surface area contributed by atoms with Gasteiger partial charge < -0.3 is 5.32 Å². The van der Waals surface area contributed by atoms with Crippen molar-refractivity contribution in [2.75, 3.05) is 5.32 Å². The molecule has 6 heteroatoms. The maximum absolute atomic E-state index is 6.14. The van der Waals surface area contributed by atoms with Crippen LogP contribution < -0.4 is 5.32 Å². The fourth-order valence-corrected chi connectivity index (χ4v) is 4.20. The average Bonchev–Trinajstić information content (AvgIpc) is 3.03. The lowest BCUT2D eigenvalue weighted by molar-refractivity contribution is 1.23. The number of rotatable bonds is 3. The van der Waals surface area contributed by atoms with Crippen molar-refractivity contribution in [3.63, 3.8) is 0 Å². The van der Waals surface area contributed by atoms with E-state index in [0.717, 1.165) is 27.3 Å². The zero-order chi connectivity index (χ0) is 18.3. The van der Waals surface area contributed by atoms with Gasteiger partial charge in [0.15, 0.2) is 0 Å². The summed E-state index contributed by atoms with van der Waals surface area (Å²) in [6, 6.07) is 11.9. The van der Waals surface area contributed by atoms with E-state index in [1.807, 2.05) is 6.07 Å². The number of thiophene rings is 1. The molecular formula is C20H15Cl2N3S. The number of nitrogens with one attached hydrogen (secondary N) is 1. The lowest BCUT2D eigenvalue weighted by Crippen LogP contribution is -1.96.